The molecule has 132 valence electrons. The molecule has 2 aromatic rings. The van der Waals surface area contributed by atoms with Crippen LogP contribution in [0.2, 0.25) is 0 Å². The average Bonchev–Trinajstić information content (AvgIpc) is 2.66. The van der Waals surface area contributed by atoms with Crippen LogP contribution in [-0.2, 0) is 17.8 Å². The zero-order valence-electron chi connectivity index (χ0n) is 14.4. The van der Waals surface area contributed by atoms with Crippen molar-refractivity contribution in [2.45, 2.75) is 31.8 Å². The van der Waals surface area contributed by atoms with Crippen molar-refractivity contribution in [1.82, 2.24) is 15.2 Å². The SMILES string of the molecule is O=C(CN(CCO)[C@@H]1CCCc2ccccc21)NCc1ccccn1. The maximum Gasteiger partial charge on any atom is 0.234 e. The van der Waals surface area contributed by atoms with E-state index in [1.54, 1.807) is 6.20 Å². The number of carbonyl (C=O) groups excluding carboxylic acids is 1. The van der Waals surface area contributed by atoms with Crippen LogP contribution in [0.1, 0.15) is 35.7 Å². The van der Waals surface area contributed by atoms with Crippen molar-refractivity contribution in [2.75, 3.05) is 19.7 Å². The minimum Gasteiger partial charge on any atom is -0.395 e. The molecule has 1 atom stereocenters. The number of hydrogen-bond donors (Lipinski definition) is 2. The number of pyridine rings is 1. The summed E-state index contributed by atoms with van der Waals surface area (Å²) in [6.45, 7) is 1.25. The van der Waals surface area contributed by atoms with Crippen molar-refractivity contribution < 1.29 is 9.90 Å². The largest absolute Gasteiger partial charge is 0.395 e. The molecule has 2 N–H and O–H groups in total. The number of aliphatic hydroxyl groups is 1. The number of aryl methyl sites for hydroxylation is 1. The molecule has 5 heteroatoms. The zero-order chi connectivity index (χ0) is 17.5. The molecule has 1 aromatic heterocycles. The third-order valence-corrected chi connectivity index (χ3v) is 4.71. The summed E-state index contributed by atoms with van der Waals surface area (Å²) in [7, 11) is 0. The topological polar surface area (TPSA) is 65.5 Å². The molecule has 0 fully saturated rings. The van der Waals surface area contributed by atoms with E-state index in [-0.39, 0.29) is 25.1 Å². The zero-order valence-corrected chi connectivity index (χ0v) is 14.4. The Morgan fingerprint density at radius 1 is 1.24 bits per heavy atom. The van der Waals surface area contributed by atoms with E-state index < -0.39 is 0 Å². The molecule has 0 saturated carbocycles. The van der Waals surface area contributed by atoms with Gasteiger partial charge < -0.3 is 10.4 Å². The Kier molecular flexibility index (Phi) is 6.14. The van der Waals surface area contributed by atoms with Gasteiger partial charge in [0.05, 0.1) is 25.4 Å². The fraction of sp³-hybridized carbons (Fsp3) is 0.400. The Balaban J connectivity index is 1.64. The highest BCUT2D eigenvalue weighted by Gasteiger charge is 2.26. The minimum absolute atomic E-state index is 0.0397. The summed E-state index contributed by atoms with van der Waals surface area (Å²) in [4.78, 5) is 18.7. The van der Waals surface area contributed by atoms with Crippen LogP contribution in [0.4, 0.5) is 0 Å². The van der Waals surface area contributed by atoms with Crippen LogP contribution in [0.15, 0.2) is 48.7 Å². The van der Waals surface area contributed by atoms with Gasteiger partial charge in [0.1, 0.15) is 0 Å². The molecule has 1 aliphatic rings. The Hall–Kier alpha value is -2.24. The number of carbonyl (C=O) groups is 1. The molecular formula is C20H25N3O2. The molecule has 0 radical (unpaired) electrons. The molecule has 1 aromatic carbocycles. The first-order chi connectivity index (χ1) is 12.3. The second-order valence-electron chi connectivity index (χ2n) is 6.40. The van der Waals surface area contributed by atoms with E-state index >= 15 is 0 Å². The van der Waals surface area contributed by atoms with Gasteiger partial charge in [-0.15, -0.1) is 0 Å². The summed E-state index contributed by atoms with van der Waals surface area (Å²) in [6, 6.07) is 14.3. The van der Waals surface area contributed by atoms with Gasteiger partial charge in [0.25, 0.3) is 0 Å². The molecule has 0 bridgehead atoms. The molecule has 0 aliphatic heterocycles. The fourth-order valence-electron chi connectivity index (χ4n) is 3.51. The van der Waals surface area contributed by atoms with Crippen LogP contribution < -0.4 is 5.32 Å². The predicted molar refractivity (Wildman–Crippen MR) is 96.9 cm³/mol. The van der Waals surface area contributed by atoms with E-state index in [1.807, 2.05) is 18.2 Å². The Labute approximate surface area is 148 Å². The number of aliphatic hydroxyl groups excluding tert-OH is 1. The van der Waals surface area contributed by atoms with Crippen LogP contribution >= 0.6 is 0 Å². The van der Waals surface area contributed by atoms with Gasteiger partial charge in [-0.2, -0.15) is 0 Å². The van der Waals surface area contributed by atoms with Gasteiger partial charge in [0.2, 0.25) is 5.91 Å². The van der Waals surface area contributed by atoms with Gasteiger partial charge in [0.15, 0.2) is 0 Å². The standard InChI is InChI=1S/C20H25N3O2/c24-13-12-23(15-20(25)22-14-17-8-3-4-11-21-17)19-10-5-7-16-6-1-2-9-18(16)19/h1-4,6,8-9,11,19,24H,5,7,10,12-15H2,(H,22,25)/t19-/m1/s1. The molecule has 0 spiro atoms. The Bertz CT molecular complexity index is 690. The number of rotatable bonds is 7. The summed E-state index contributed by atoms with van der Waals surface area (Å²) in [5.74, 6) is -0.0397. The number of amides is 1. The van der Waals surface area contributed by atoms with Crippen LogP contribution in [0.25, 0.3) is 0 Å². The highest BCUT2D eigenvalue weighted by atomic mass is 16.3. The van der Waals surface area contributed by atoms with Gasteiger partial charge in [-0.1, -0.05) is 30.3 Å². The molecule has 5 nitrogen and oxygen atoms in total. The van der Waals surface area contributed by atoms with E-state index in [1.165, 1.54) is 11.1 Å². The highest BCUT2D eigenvalue weighted by Crippen LogP contribution is 2.33. The molecule has 1 amide bonds. The lowest BCUT2D eigenvalue weighted by molar-refractivity contribution is -0.123. The van der Waals surface area contributed by atoms with Crippen molar-refractivity contribution in [3.63, 3.8) is 0 Å². The number of nitrogens with one attached hydrogen (secondary N) is 1. The lowest BCUT2D eigenvalue weighted by atomic mass is 9.87. The predicted octanol–water partition coefficient (Wildman–Crippen LogP) is 2.07. The summed E-state index contributed by atoms with van der Waals surface area (Å²) in [5.41, 5.74) is 3.49. The Morgan fingerprint density at radius 3 is 2.88 bits per heavy atom. The van der Waals surface area contributed by atoms with Crippen LogP contribution in [0.3, 0.4) is 0 Å². The van der Waals surface area contributed by atoms with Crippen LogP contribution in [-0.4, -0.2) is 40.6 Å². The summed E-state index contributed by atoms with van der Waals surface area (Å²) < 4.78 is 0. The smallest absolute Gasteiger partial charge is 0.234 e. The van der Waals surface area contributed by atoms with E-state index in [0.29, 0.717) is 13.1 Å². The van der Waals surface area contributed by atoms with Gasteiger partial charge in [-0.25, -0.2) is 0 Å². The molecule has 0 unspecified atom stereocenters. The molecule has 25 heavy (non-hydrogen) atoms. The lowest BCUT2D eigenvalue weighted by Crippen LogP contribution is -2.41. The summed E-state index contributed by atoms with van der Waals surface area (Å²) in [6.07, 6.45) is 4.94. The van der Waals surface area contributed by atoms with Crippen molar-refractivity contribution in [3.05, 3.63) is 65.5 Å². The van der Waals surface area contributed by atoms with Gasteiger partial charge >= 0.3 is 0 Å². The molecule has 0 saturated heterocycles. The van der Waals surface area contributed by atoms with Crippen molar-refractivity contribution >= 4 is 5.91 Å². The Morgan fingerprint density at radius 2 is 2.08 bits per heavy atom. The van der Waals surface area contributed by atoms with E-state index in [0.717, 1.165) is 25.0 Å². The van der Waals surface area contributed by atoms with Crippen LogP contribution in [0, 0.1) is 0 Å². The second kappa shape index (κ2) is 8.74. The normalized spacial score (nSPS) is 16.5. The number of benzene rings is 1. The maximum atomic E-state index is 12.4. The van der Waals surface area contributed by atoms with Gasteiger partial charge in [-0.3, -0.25) is 14.7 Å². The third-order valence-electron chi connectivity index (χ3n) is 4.71. The fourth-order valence-corrected chi connectivity index (χ4v) is 3.51. The first kappa shape index (κ1) is 17.6. The summed E-state index contributed by atoms with van der Waals surface area (Å²) >= 11 is 0. The van der Waals surface area contributed by atoms with Crippen molar-refractivity contribution in [3.8, 4) is 0 Å². The van der Waals surface area contributed by atoms with Gasteiger partial charge in [-0.05, 0) is 42.5 Å². The first-order valence-corrected chi connectivity index (χ1v) is 8.87. The lowest BCUT2D eigenvalue weighted by Gasteiger charge is -2.35. The monoisotopic (exact) mass is 339 g/mol. The van der Waals surface area contributed by atoms with Gasteiger partial charge in [0, 0.05) is 18.8 Å². The number of fused-ring (bicyclic) bond motifs is 1. The molecule has 1 heterocycles. The van der Waals surface area contributed by atoms with Crippen molar-refractivity contribution in [2.24, 2.45) is 0 Å². The number of aromatic nitrogens is 1. The number of nitrogens with zero attached hydrogens (tertiary/aromatic N) is 2. The van der Waals surface area contributed by atoms with E-state index in [2.05, 4.69) is 39.5 Å². The maximum absolute atomic E-state index is 12.4. The average molecular weight is 339 g/mol. The molecular weight excluding hydrogens is 314 g/mol. The van der Waals surface area contributed by atoms with E-state index in [9.17, 15) is 9.90 Å². The molecule has 1 aliphatic carbocycles. The second-order valence-corrected chi connectivity index (χ2v) is 6.40. The number of hydrogen-bond acceptors (Lipinski definition) is 4. The third kappa shape index (κ3) is 4.65. The highest BCUT2D eigenvalue weighted by molar-refractivity contribution is 5.78. The van der Waals surface area contributed by atoms with Crippen molar-refractivity contribution in [1.29, 1.82) is 0 Å². The minimum atomic E-state index is -0.0397. The van der Waals surface area contributed by atoms with E-state index in [4.69, 9.17) is 0 Å². The molecule has 3 rings (SSSR count). The quantitative estimate of drug-likeness (QED) is 0.810. The summed E-state index contributed by atoms with van der Waals surface area (Å²) in [5, 5.41) is 12.4. The van der Waals surface area contributed by atoms with Crippen LogP contribution in [0.5, 0.6) is 0 Å². The first-order valence-electron chi connectivity index (χ1n) is 8.87.